The molecule has 108 valence electrons. The minimum absolute atomic E-state index is 0.234. The number of hydrogen-bond acceptors (Lipinski definition) is 2. The maximum atomic E-state index is 6.16. The van der Waals surface area contributed by atoms with E-state index in [9.17, 15) is 0 Å². The SMILES string of the molecule is CC(Oc1c(Br)nc(-c2ccccc2)n1C)[Si](C)(C)C. The van der Waals surface area contributed by atoms with E-state index in [2.05, 4.69) is 59.6 Å². The smallest absolute Gasteiger partial charge is 0.228 e. The van der Waals surface area contributed by atoms with Crippen molar-refractivity contribution in [3.63, 3.8) is 0 Å². The number of imidazole rings is 1. The molecule has 1 unspecified atom stereocenters. The first-order valence-electron chi connectivity index (χ1n) is 6.75. The van der Waals surface area contributed by atoms with Crippen LogP contribution in [0.1, 0.15) is 6.92 Å². The first kappa shape index (κ1) is 15.3. The maximum absolute atomic E-state index is 6.16. The van der Waals surface area contributed by atoms with Gasteiger partial charge in [0.15, 0.2) is 4.60 Å². The van der Waals surface area contributed by atoms with E-state index in [-0.39, 0.29) is 5.73 Å². The van der Waals surface area contributed by atoms with Crippen LogP contribution in [0, 0.1) is 0 Å². The molecule has 5 heteroatoms. The summed E-state index contributed by atoms with van der Waals surface area (Å²) in [4.78, 5) is 4.59. The zero-order valence-corrected chi connectivity index (χ0v) is 15.2. The van der Waals surface area contributed by atoms with Crippen molar-refractivity contribution in [2.24, 2.45) is 7.05 Å². The van der Waals surface area contributed by atoms with Crippen LogP contribution in [-0.2, 0) is 7.05 Å². The molecule has 0 aliphatic carbocycles. The van der Waals surface area contributed by atoms with Crippen LogP contribution < -0.4 is 4.74 Å². The normalized spacial score (nSPS) is 13.3. The number of benzene rings is 1. The van der Waals surface area contributed by atoms with E-state index >= 15 is 0 Å². The minimum atomic E-state index is -1.34. The molecular weight excluding hydrogens is 332 g/mol. The second-order valence-electron chi connectivity index (χ2n) is 6.08. The fraction of sp³-hybridized carbons (Fsp3) is 0.400. The summed E-state index contributed by atoms with van der Waals surface area (Å²) in [6.07, 6.45) is 0. The Bertz CT molecular complexity index is 590. The van der Waals surface area contributed by atoms with Gasteiger partial charge in [-0.3, -0.25) is 4.57 Å². The summed E-state index contributed by atoms with van der Waals surface area (Å²) in [6.45, 7) is 9.06. The Morgan fingerprint density at radius 3 is 2.35 bits per heavy atom. The summed E-state index contributed by atoms with van der Waals surface area (Å²) in [5, 5.41) is 0. The molecule has 1 atom stereocenters. The molecule has 3 nitrogen and oxygen atoms in total. The topological polar surface area (TPSA) is 27.1 Å². The number of aromatic nitrogens is 2. The monoisotopic (exact) mass is 352 g/mol. The molecular formula is C15H21BrN2OSi. The summed E-state index contributed by atoms with van der Waals surface area (Å²) >= 11 is 3.52. The Balaban J connectivity index is 2.35. The molecule has 20 heavy (non-hydrogen) atoms. The third-order valence-corrected chi connectivity index (χ3v) is 6.62. The van der Waals surface area contributed by atoms with E-state index in [1.165, 1.54) is 0 Å². The Morgan fingerprint density at radius 1 is 1.20 bits per heavy atom. The lowest BCUT2D eigenvalue weighted by Crippen LogP contribution is -2.40. The zero-order chi connectivity index (χ0) is 14.9. The highest BCUT2D eigenvalue weighted by Gasteiger charge is 2.27. The van der Waals surface area contributed by atoms with Crippen LogP contribution >= 0.6 is 15.9 Å². The van der Waals surface area contributed by atoms with Crippen molar-refractivity contribution < 1.29 is 4.74 Å². The van der Waals surface area contributed by atoms with Crippen LogP contribution in [0.15, 0.2) is 34.9 Å². The van der Waals surface area contributed by atoms with Crippen molar-refractivity contribution in [3.8, 4) is 17.3 Å². The lowest BCUT2D eigenvalue weighted by molar-refractivity contribution is 0.267. The summed E-state index contributed by atoms with van der Waals surface area (Å²) < 4.78 is 8.94. The average molecular weight is 353 g/mol. The molecule has 1 aromatic carbocycles. The molecule has 1 aromatic heterocycles. The van der Waals surface area contributed by atoms with Gasteiger partial charge >= 0.3 is 0 Å². The van der Waals surface area contributed by atoms with Crippen LogP contribution in [0.3, 0.4) is 0 Å². The van der Waals surface area contributed by atoms with Crippen LogP contribution in [0.2, 0.25) is 19.6 Å². The molecule has 2 rings (SSSR count). The standard InChI is InChI=1S/C15H21BrN2OSi/c1-11(20(3,4)5)19-15-13(16)17-14(18(15)2)12-9-7-6-8-10-12/h6-11H,1-5H3. The fourth-order valence-electron chi connectivity index (χ4n) is 1.77. The molecule has 0 aliphatic rings. The van der Waals surface area contributed by atoms with E-state index in [1.54, 1.807) is 0 Å². The Hall–Kier alpha value is -1.07. The Labute approximate surface area is 130 Å². The first-order valence-corrected chi connectivity index (χ1v) is 11.1. The highest BCUT2D eigenvalue weighted by molar-refractivity contribution is 9.10. The summed E-state index contributed by atoms with van der Waals surface area (Å²) in [5.41, 5.74) is 1.32. The third kappa shape index (κ3) is 3.15. The predicted octanol–water partition coefficient (Wildman–Crippen LogP) is 4.49. The molecule has 0 N–H and O–H groups in total. The molecule has 1 heterocycles. The van der Waals surface area contributed by atoms with Gasteiger partial charge in [-0.1, -0.05) is 50.0 Å². The van der Waals surface area contributed by atoms with Gasteiger partial charge in [0, 0.05) is 12.6 Å². The van der Waals surface area contributed by atoms with Gasteiger partial charge in [0.05, 0.1) is 13.8 Å². The number of nitrogens with zero attached hydrogens (tertiary/aromatic N) is 2. The van der Waals surface area contributed by atoms with E-state index < -0.39 is 8.07 Å². The molecule has 0 spiro atoms. The first-order chi connectivity index (χ1) is 9.30. The predicted molar refractivity (Wildman–Crippen MR) is 89.8 cm³/mol. The zero-order valence-electron chi connectivity index (χ0n) is 12.6. The van der Waals surface area contributed by atoms with E-state index in [4.69, 9.17) is 4.74 Å². The van der Waals surface area contributed by atoms with Crippen LogP contribution in [0.25, 0.3) is 11.4 Å². The van der Waals surface area contributed by atoms with Crippen molar-refractivity contribution in [1.29, 1.82) is 0 Å². The summed E-state index contributed by atoms with van der Waals surface area (Å²) in [5.74, 6) is 1.72. The number of ether oxygens (including phenoxy) is 1. The van der Waals surface area contributed by atoms with Gasteiger partial charge in [-0.2, -0.15) is 0 Å². The van der Waals surface area contributed by atoms with Gasteiger partial charge in [-0.25, -0.2) is 4.98 Å². The van der Waals surface area contributed by atoms with Crippen molar-refractivity contribution >= 4 is 24.0 Å². The second-order valence-corrected chi connectivity index (χ2v) is 12.4. The third-order valence-electron chi connectivity index (χ3n) is 3.54. The molecule has 0 saturated heterocycles. The van der Waals surface area contributed by atoms with Crippen molar-refractivity contribution in [3.05, 3.63) is 34.9 Å². The summed E-state index contributed by atoms with van der Waals surface area (Å²) in [7, 11) is 0.649. The van der Waals surface area contributed by atoms with E-state index in [1.807, 2.05) is 29.8 Å². The molecule has 0 bridgehead atoms. The fourth-order valence-corrected chi connectivity index (χ4v) is 2.76. The lowest BCUT2D eigenvalue weighted by Gasteiger charge is -2.26. The van der Waals surface area contributed by atoms with Crippen molar-refractivity contribution in [2.45, 2.75) is 32.3 Å². The molecule has 0 aliphatic heterocycles. The summed E-state index contributed by atoms with van der Waals surface area (Å²) in [6, 6.07) is 10.2. The minimum Gasteiger partial charge on any atom is -0.478 e. The molecule has 0 amide bonds. The van der Waals surface area contributed by atoms with E-state index in [0.717, 1.165) is 21.9 Å². The molecule has 0 radical (unpaired) electrons. The number of hydrogen-bond donors (Lipinski definition) is 0. The van der Waals surface area contributed by atoms with Crippen LogP contribution in [-0.4, -0.2) is 23.4 Å². The van der Waals surface area contributed by atoms with Gasteiger partial charge in [-0.05, 0) is 22.9 Å². The largest absolute Gasteiger partial charge is 0.478 e. The van der Waals surface area contributed by atoms with Crippen LogP contribution in [0.5, 0.6) is 5.88 Å². The van der Waals surface area contributed by atoms with Crippen molar-refractivity contribution in [2.75, 3.05) is 0 Å². The number of rotatable bonds is 4. The second kappa shape index (κ2) is 5.74. The lowest BCUT2D eigenvalue weighted by atomic mass is 10.2. The number of halogens is 1. The van der Waals surface area contributed by atoms with Gasteiger partial charge in [-0.15, -0.1) is 0 Å². The van der Waals surface area contributed by atoms with Gasteiger partial charge < -0.3 is 4.74 Å². The maximum Gasteiger partial charge on any atom is 0.228 e. The van der Waals surface area contributed by atoms with Crippen molar-refractivity contribution in [1.82, 2.24) is 9.55 Å². The molecule has 2 aromatic rings. The highest BCUT2D eigenvalue weighted by atomic mass is 79.9. The molecule has 0 fully saturated rings. The van der Waals surface area contributed by atoms with Crippen LogP contribution in [0.4, 0.5) is 0 Å². The Kier molecular flexibility index (Phi) is 4.39. The average Bonchev–Trinajstić information content (AvgIpc) is 2.66. The van der Waals surface area contributed by atoms with Gasteiger partial charge in [0.1, 0.15) is 5.82 Å². The van der Waals surface area contributed by atoms with Gasteiger partial charge in [0.2, 0.25) is 5.88 Å². The quantitative estimate of drug-likeness (QED) is 0.757. The van der Waals surface area contributed by atoms with E-state index in [0.29, 0.717) is 0 Å². The Morgan fingerprint density at radius 2 is 1.80 bits per heavy atom. The highest BCUT2D eigenvalue weighted by Crippen LogP contribution is 2.31. The van der Waals surface area contributed by atoms with Gasteiger partial charge in [0.25, 0.3) is 0 Å². The molecule has 0 saturated carbocycles.